The van der Waals surface area contributed by atoms with Crippen LogP contribution in [0.3, 0.4) is 0 Å². The van der Waals surface area contributed by atoms with Gasteiger partial charge in [0, 0.05) is 38.0 Å². The molecule has 0 amide bonds. The van der Waals surface area contributed by atoms with Gasteiger partial charge in [0.05, 0.1) is 0 Å². The number of hydrogen-bond donors (Lipinski definition) is 2. The molecule has 0 aromatic carbocycles. The lowest BCUT2D eigenvalue weighted by Crippen LogP contribution is -2.52. The van der Waals surface area contributed by atoms with Crippen molar-refractivity contribution in [2.75, 3.05) is 38.2 Å². The Bertz CT molecular complexity index is 276. The normalized spacial score (nSPS) is 21.5. The molecule has 0 saturated carbocycles. The van der Waals surface area contributed by atoms with Gasteiger partial charge in [-0.3, -0.25) is 0 Å². The first-order valence-corrected chi connectivity index (χ1v) is 7.86. The van der Waals surface area contributed by atoms with Crippen LogP contribution in [-0.2, 0) is 10.2 Å². The molecule has 0 bridgehead atoms. The van der Waals surface area contributed by atoms with Gasteiger partial charge in [-0.25, -0.2) is 0 Å². The number of rotatable bonds is 5. The Hall–Kier alpha value is 0.180. The van der Waals surface area contributed by atoms with Gasteiger partial charge in [-0.15, -0.1) is 0 Å². The summed E-state index contributed by atoms with van der Waals surface area (Å²) in [6.45, 7) is 4.47. The maximum Gasteiger partial charge on any atom is 0.279 e. The van der Waals surface area contributed by atoms with Gasteiger partial charge in [0.2, 0.25) is 0 Å². The summed E-state index contributed by atoms with van der Waals surface area (Å²) in [4.78, 5) is 0. The fourth-order valence-corrected chi connectivity index (χ4v) is 3.59. The van der Waals surface area contributed by atoms with E-state index >= 15 is 0 Å². The molecule has 0 aliphatic carbocycles. The molecule has 0 spiro atoms. The Kier molecular flexibility index (Phi) is 5.34. The minimum atomic E-state index is -3.27. The standard InChI is InChI=1S/C8H19N3O2S2/c1-8(7-14-2)10-15(12,13)11-5-3-9-4-6-11/h8-10H,3-7H2,1-2H3. The number of nitrogens with one attached hydrogen (secondary N) is 2. The van der Waals surface area contributed by atoms with Crippen LogP contribution in [0.5, 0.6) is 0 Å². The van der Waals surface area contributed by atoms with Crippen LogP contribution in [0.4, 0.5) is 0 Å². The van der Waals surface area contributed by atoms with Crippen LogP contribution >= 0.6 is 11.8 Å². The largest absolute Gasteiger partial charge is 0.314 e. The first kappa shape index (κ1) is 13.2. The van der Waals surface area contributed by atoms with E-state index < -0.39 is 10.2 Å². The highest BCUT2D eigenvalue weighted by molar-refractivity contribution is 7.98. The Morgan fingerprint density at radius 1 is 1.47 bits per heavy atom. The SMILES string of the molecule is CSCC(C)NS(=O)(=O)N1CCNCC1. The lowest BCUT2D eigenvalue weighted by molar-refractivity contribution is 0.353. The van der Waals surface area contributed by atoms with E-state index in [1.165, 1.54) is 4.31 Å². The highest BCUT2D eigenvalue weighted by atomic mass is 32.2. The van der Waals surface area contributed by atoms with Crippen molar-refractivity contribution in [1.29, 1.82) is 0 Å². The third-order valence-electron chi connectivity index (χ3n) is 2.18. The monoisotopic (exact) mass is 253 g/mol. The smallest absolute Gasteiger partial charge is 0.279 e. The van der Waals surface area contributed by atoms with E-state index in [9.17, 15) is 8.42 Å². The Morgan fingerprint density at radius 2 is 2.07 bits per heavy atom. The van der Waals surface area contributed by atoms with Crippen LogP contribution in [0.25, 0.3) is 0 Å². The third kappa shape index (κ3) is 4.28. The molecule has 0 radical (unpaired) electrons. The minimum Gasteiger partial charge on any atom is -0.314 e. The highest BCUT2D eigenvalue weighted by Gasteiger charge is 2.24. The summed E-state index contributed by atoms with van der Waals surface area (Å²) >= 11 is 1.64. The Morgan fingerprint density at radius 3 is 2.60 bits per heavy atom. The molecule has 0 aromatic heterocycles. The Balaban J connectivity index is 2.49. The quantitative estimate of drug-likeness (QED) is 0.692. The van der Waals surface area contributed by atoms with E-state index in [-0.39, 0.29) is 6.04 Å². The van der Waals surface area contributed by atoms with Crippen molar-refractivity contribution in [2.24, 2.45) is 0 Å². The summed E-state index contributed by atoms with van der Waals surface area (Å²) in [6.07, 6.45) is 1.97. The lowest BCUT2D eigenvalue weighted by atomic mass is 10.4. The molecule has 5 nitrogen and oxygen atoms in total. The second kappa shape index (κ2) is 6.05. The van der Waals surface area contributed by atoms with Crippen molar-refractivity contribution in [3.05, 3.63) is 0 Å². The van der Waals surface area contributed by atoms with Gasteiger partial charge in [-0.05, 0) is 13.2 Å². The molecule has 1 aliphatic rings. The van der Waals surface area contributed by atoms with Gasteiger partial charge in [0.1, 0.15) is 0 Å². The molecule has 1 fully saturated rings. The molecule has 2 N–H and O–H groups in total. The van der Waals surface area contributed by atoms with Crippen molar-refractivity contribution in [3.63, 3.8) is 0 Å². The molecular formula is C8H19N3O2S2. The number of hydrogen-bond acceptors (Lipinski definition) is 4. The summed E-state index contributed by atoms with van der Waals surface area (Å²) in [5, 5.41) is 3.13. The van der Waals surface area contributed by atoms with Crippen molar-refractivity contribution in [3.8, 4) is 0 Å². The lowest BCUT2D eigenvalue weighted by Gasteiger charge is -2.28. The zero-order chi connectivity index (χ0) is 11.3. The van der Waals surface area contributed by atoms with E-state index in [2.05, 4.69) is 10.0 Å². The summed E-state index contributed by atoms with van der Waals surface area (Å²) in [5.41, 5.74) is 0. The minimum absolute atomic E-state index is 0.0140. The van der Waals surface area contributed by atoms with Crippen LogP contribution in [0.2, 0.25) is 0 Å². The fraction of sp³-hybridized carbons (Fsp3) is 1.00. The maximum absolute atomic E-state index is 11.8. The number of thioether (sulfide) groups is 1. The van der Waals surface area contributed by atoms with Crippen LogP contribution < -0.4 is 10.0 Å². The first-order valence-electron chi connectivity index (χ1n) is 5.03. The van der Waals surface area contributed by atoms with E-state index in [0.29, 0.717) is 13.1 Å². The van der Waals surface area contributed by atoms with Crippen molar-refractivity contribution >= 4 is 22.0 Å². The van der Waals surface area contributed by atoms with Crippen molar-refractivity contribution in [1.82, 2.24) is 14.3 Å². The molecule has 1 heterocycles. The van der Waals surface area contributed by atoms with Crippen LogP contribution in [0.1, 0.15) is 6.92 Å². The third-order valence-corrected chi connectivity index (χ3v) is 4.76. The van der Waals surface area contributed by atoms with Gasteiger partial charge in [0.15, 0.2) is 0 Å². The van der Waals surface area contributed by atoms with Crippen molar-refractivity contribution in [2.45, 2.75) is 13.0 Å². The predicted octanol–water partition coefficient (Wildman–Crippen LogP) is -0.522. The zero-order valence-corrected chi connectivity index (χ0v) is 10.8. The average molecular weight is 253 g/mol. The molecule has 15 heavy (non-hydrogen) atoms. The van der Waals surface area contributed by atoms with Gasteiger partial charge < -0.3 is 5.32 Å². The first-order chi connectivity index (χ1) is 7.06. The maximum atomic E-state index is 11.8. The summed E-state index contributed by atoms with van der Waals surface area (Å²) in [5.74, 6) is 0.797. The predicted molar refractivity (Wildman–Crippen MR) is 64.3 cm³/mol. The summed E-state index contributed by atoms with van der Waals surface area (Å²) in [7, 11) is -3.27. The van der Waals surface area contributed by atoms with Crippen LogP contribution in [-0.4, -0.2) is 57.0 Å². The van der Waals surface area contributed by atoms with E-state index in [1.807, 2.05) is 13.2 Å². The second-order valence-electron chi connectivity index (χ2n) is 3.63. The summed E-state index contributed by atoms with van der Waals surface area (Å²) < 4.78 is 27.9. The number of nitrogens with zero attached hydrogens (tertiary/aromatic N) is 1. The topological polar surface area (TPSA) is 61.4 Å². The van der Waals surface area contributed by atoms with Gasteiger partial charge in [0.25, 0.3) is 10.2 Å². The van der Waals surface area contributed by atoms with Crippen LogP contribution in [0.15, 0.2) is 0 Å². The molecule has 1 rings (SSSR count). The molecule has 7 heteroatoms. The van der Waals surface area contributed by atoms with E-state index in [4.69, 9.17) is 0 Å². The van der Waals surface area contributed by atoms with E-state index in [0.717, 1.165) is 18.8 Å². The van der Waals surface area contributed by atoms with Gasteiger partial charge >= 0.3 is 0 Å². The van der Waals surface area contributed by atoms with Gasteiger partial charge in [-0.2, -0.15) is 29.2 Å². The van der Waals surface area contributed by atoms with Gasteiger partial charge in [-0.1, -0.05) is 0 Å². The van der Waals surface area contributed by atoms with Crippen LogP contribution in [0, 0.1) is 0 Å². The highest BCUT2D eigenvalue weighted by Crippen LogP contribution is 2.03. The molecular weight excluding hydrogens is 234 g/mol. The van der Waals surface area contributed by atoms with E-state index in [1.54, 1.807) is 11.8 Å². The molecule has 1 atom stereocenters. The van der Waals surface area contributed by atoms with Crippen molar-refractivity contribution < 1.29 is 8.42 Å². The molecule has 1 aliphatic heterocycles. The molecule has 1 saturated heterocycles. The Labute approximate surface area is 96.2 Å². The zero-order valence-electron chi connectivity index (χ0n) is 9.19. The molecule has 1 unspecified atom stereocenters. The fourth-order valence-electron chi connectivity index (χ4n) is 1.50. The summed E-state index contributed by atoms with van der Waals surface area (Å²) in [6, 6.07) is -0.0140. The second-order valence-corrected chi connectivity index (χ2v) is 6.24. The molecule has 90 valence electrons. The molecule has 0 aromatic rings. The average Bonchev–Trinajstić information content (AvgIpc) is 2.18. The number of piperazine rings is 1.